The zero-order chi connectivity index (χ0) is 26.7. The Kier molecular flexibility index (Phi) is 8.12. The van der Waals surface area contributed by atoms with Crippen molar-refractivity contribution in [2.45, 2.75) is 51.1 Å². The van der Waals surface area contributed by atoms with E-state index in [-0.39, 0.29) is 11.8 Å². The number of amides is 2. The highest BCUT2D eigenvalue weighted by atomic mass is 19.4. The summed E-state index contributed by atoms with van der Waals surface area (Å²) in [5.74, 6) is -1.58. The van der Waals surface area contributed by atoms with Gasteiger partial charge in [0.05, 0.1) is 6.54 Å². The van der Waals surface area contributed by atoms with Crippen LogP contribution >= 0.6 is 0 Å². The quantitative estimate of drug-likeness (QED) is 0.647. The number of aliphatic carboxylic acids is 1. The fourth-order valence-electron chi connectivity index (χ4n) is 4.21. The average Bonchev–Trinajstić information content (AvgIpc) is 3.46. The molecule has 0 aliphatic carbocycles. The lowest BCUT2D eigenvalue weighted by molar-refractivity contribution is -0.192. The molecule has 198 valence electrons. The molecule has 1 unspecified atom stereocenters. The summed E-state index contributed by atoms with van der Waals surface area (Å²) in [5.41, 5.74) is 0.0463. The molecular weight excluding hydrogens is 483 g/mol. The van der Waals surface area contributed by atoms with E-state index in [9.17, 15) is 22.8 Å². The number of likely N-dealkylation sites (tertiary alicyclic amines) is 1. The summed E-state index contributed by atoms with van der Waals surface area (Å²) in [7, 11) is 1.88. The van der Waals surface area contributed by atoms with Gasteiger partial charge in [0.1, 0.15) is 17.1 Å². The van der Waals surface area contributed by atoms with Gasteiger partial charge in [0, 0.05) is 58.1 Å². The SMILES string of the molecule is CC(C)CNC(=O)C1Cn2ccnc2C2(CCN(C(=O)c3cccn3C)CC2)O1.O=C(O)C(F)(F)F. The summed E-state index contributed by atoms with van der Waals surface area (Å²) in [6.45, 7) is 6.36. The lowest BCUT2D eigenvalue weighted by Crippen LogP contribution is -2.55. The molecule has 0 saturated carbocycles. The molecule has 36 heavy (non-hydrogen) atoms. The number of ether oxygens (including phenoxy) is 1. The predicted molar refractivity (Wildman–Crippen MR) is 121 cm³/mol. The summed E-state index contributed by atoms with van der Waals surface area (Å²) >= 11 is 0. The van der Waals surface area contributed by atoms with Gasteiger partial charge in [-0.1, -0.05) is 13.8 Å². The van der Waals surface area contributed by atoms with Crippen molar-refractivity contribution in [1.82, 2.24) is 24.3 Å². The van der Waals surface area contributed by atoms with Crippen molar-refractivity contribution >= 4 is 17.8 Å². The summed E-state index contributed by atoms with van der Waals surface area (Å²) in [6, 6.07) is 3.71. The first kappa shape index (κ1) is 27.2. The van der Waals surface area contributed by atoms with Crippen molar-refractivity contribution in [3.05, 3.63) is 42.2 Å². The summed E-state index contributed by atoms with van der Waals surface area (Å²) < 4.78 is 42.0. The number of carboxylic acids is 1. The van der Waals surface area contributed by atoms with Gasteiger partial charge in [0.2, 0.25) is 0 Å². The number of imidazole rings is 1. The predicted octanol–water partition coefficient (Wildman–Crippen LogP) is 2.16. The molecule has 2 aromatic heterocycles. The molecule has 0 aromatic carbocycles. The Bertz CT molecular complexity index is 1090. The van der Waals surface area contributed by atoms with Crippen LogP contribution < -0.4 is 5.32 Å². The minimum Gasteiger partial charge on any atom is -0.475 e. The Balaban J connectivity index is 0.000000454. The standard InChI is InChI=1S/C21H29N5O3.C2HF3O2/c1-15(2)13-23-18(27)17-14-26-12-8-22-20(26)21(29-17)6-10-25(11-7-21)19(28)16-5-4-9-24(16)3;3-2(4,5)1(6)7/h4-5,8-9,12,15,17H,6-7,10-11,13-14H2,1-3H3,(H,23,27);(H,6,7). The van der Waals surface area contributed by atoms with E-state index in [0.717, 1.165) is 5.82 Å². The zero-order valence-corrected chi connectivity index (χ0v) is 20.3. The number of alkyl halides is 3. The van der Waals surface area contributed by atoms with E-state index >= 15 is 0 Å². The van der Waals surface area contributed by atoms with Crippen LogP contribution in [0.4, 0.5) is 13.2 Å². The van der Waals surface area contributed by atoms with Gasteiger partial charge in [-0.15, -0.1) is 0 Å². The van der Waals surface area contributed by atoms with E-state index in [1.165, 1.54) is 0 Å². The molecule has 2 aliphatic heterocycles. The Hall–Kier alpha value is -3.35. The molecule has 2 aliphatic rings. The van der Waals surface area contributed by atoms with Crippen molar-refractivity contribution in [1.29, 1.82) is 0 Å². The van der Waals surface area contributed by atoms with Gasteiger partial charge >= 0.3 is 12.1 Å². The molecule has 1 spiro atoms. The first-order chi connectivity index (χ1) is 16.8. The van der Waals surface area contributed by atoms with E-state index in [0.29, 0.717) is 50.6 Å². The molecule has 2 amide bonds. The maximum absolute atomic E-state index is 12.8. The van der Waals surface area contributed by atoms with Gasteiger partial charge < -0.3 is 29.2 Å². The number of nitrogens with zero attached hydrogens (tertiary/aromatic N) is 4. The molecule has 4 heterocycles. The van der Waals surface area contributed by atoms with Crippen LogP contribution in [0.15, 0.2) is 30.7 Å². The minimum absolute atomic E-state index is 0.0257. The molecule has 0 bridgehead atoms. The molecule has 10 nitrogen and oxygen atoms in total. The van der Waals surface area contributed by atoms with E-state index < -0.39 is 23.9 Å². The second-order valence-electron chi connectivity index (χ2n) is 9.24. The second-order valence-corrected chi connectivity index (χ2v) is 9.24. The van der Waals surface area contributed by atoms with E-state index in [2.05, 4.69) is 24.1 Å². The summed E-state index contributed by atoms with van der Waals surface area (Å²) in [6.07, 6.45) is 1.15. The van der Waals surface area contributed by atoms with Crippen LogP contribution in [0.25, 0.3) is 0 Å². The molecule has 1 saturated heterocycles. The third kappa shape index (κ3) is 6.07. The number of aryl methyl sites for hydroxylation is 1. The molecule has 13 heteroatoms. The molecule has 2 aromatic rings. The number of hydrogen-bond acceptors (Lipinski definition) is 5. The van der Waals surface area contributed by atoms with Gasteiger partial charge in [-0.05, 0) is 18.1 Å². The smallest absolute Gasteiger partial charge is 0.475 e. The number of nitrogens with one attached hydrogen (secondary N) is 1. The van der Waals surface area contributed by atoms with Crippen LogP contribution in [-0.4, -0.2) is 73.8 Å². The number of halogens is 3. The second kappa shape index (κ2) is 10.7. The monoisotopic (exact) mass is 513 g/mol. The highest BCUT2D eigenvalue weighted by Gasteiger charge is 2.47. The van der Waals surface area contributed by atoms with Crippen molar-refractivity contribution in [2.75, 3.05) is 19.6 Å². The molecule has 1 atom stereocenters. The Morgan fingerprint density at radius 1 is 1.25 bits per heavy atom. The van der Waals surface area contributed by atoms with Crippen molar-refractivity contribution < 1.29 is 37.4 Å². The van der Waals surface area contributed by atoms with Crippen LogP contribution in [0.3, 0.4) is 0 Å². The summed E-state index contributed by atoms with van der Waals surface area (Å²) in [5, 5.41) is 10.1. The van der Waals surface area contributed by atoms with Crippen LogP contribution in [0, 0.1) is 5.92 Å². The van der Waals surface area contributed by atoms with Crippen LogP contribution in [0.1, 0.15) is 43.0 Å². The van der Waals surface area contributed by atoms with Crippen molar-refractivity contribution in [3.8, 4) is 0 Å². The maximum atomic E-state index is 12.8. The fraction of sp³-hybridized carbons (Fsp3) is 0.565. The number of hydrogen-bond donors (Lipinski definition) is 2. The van der Waals surface area contributed by atoms with E-state index in [1.807, 2.05) is 45.6 Å². The molecular formula is C23H30F3N5O5. The highest BCUT2D eigenvalue weighted by molar-refractivity contribution is 5.92. The summed E-state index contributed by atoms with van der Waals surface area (Å²) in [4.78, 5) is 40.8. The number of aromatic nitrogens is 3. The van der Waals surface area contributed by atoms with Gasteiger partial charge in [-0.2, -0.15) is 13.2 Å². The molecule has 0 radical (unpaired) electrons. The van der Waals surface area contributed by atoms with E-state index in [1.54, 1.807) is 6.20 Å². The molecule has 1 fully saturated rings. The normalized spacial score (nSPS) is 18.9. The number of fused-ring (bicyclic) bond motifs is 2. The van der Waals surface area contributed by atoms with Gasteiger partial charge in [0.15, 0.2) is 6.10 Å². The van der Waals surface area contributed by atoms with Gasteiger partial charge in [-0.25, -0.2) is 9.78 Å². The minimum atomic E-state index is -5.08. The third-order valence-electron chi connectivity index (χ3n) is 6.09. The van der Waals surface area contributed by atoms with Gasteiger partial charge in [0.25, 0.3) is 11.8 Å². The maximum Gasteiger partial charge on any atom is 0.490 e. The molecule has 2 N–H and O–H groups in total. The van der Waals surface area contributed by atoms with Crippen LogP contribution in [0.5, 0.6) is 0 Å². The largest absolute Gasteiger partial charge is 0.490 e. The van der Waals surface area contributed by atoms with E-state index in [4.69, 9.17) is 14.6 Å². The number of piperidine rings is 1. The van der Waals surface area contributed by atoms with Crippen LogP contribution in [0.2, 0.25) is 0 Å². The van der Waals surface area contributed by atoms with Crippen molar-refractivity contribution in [3.63, 3.8) is 0 Å². The fourth-order valence-corrected chi connectivity index (χ4v) is 4.21. The number of carbonyl (C=O) groups is 3. The number of carbonyl (C=O) groups excluding carboxylic acids is 2. The van der Waals surface area contributed by atoms with Gasteiger partial charge in [-0.3, -0.25) is 9.59 Å². The van der Waals surface area contributed by atoms with Crippen molar-refractivity contribution in [2.24, 2.45) is 13.0 Å². The lowest BCUT2D eigenvalue weighted by atomic mass is 9.88. The molecule has 4 rings (SSSR count). The first-order valence-corrected chi connectivity index (χ1v) is 11.5. The third-order valence-corrected chi connectivity index (χ3v) is 6.09. The topological polar surface area (TPSA) is 119 Å². The highest BCUT2D eigenvalue weighted by Crippen LogP contribution is 2.40. The number of carboxylic acid groups (broad SMARTS) is 1. The zero-order valence-electron chi connectivity index (χ0n) is 20.3. The lowest BCUT2D eigenvalue weighted by Gasteiger charge is -2.45. The first-order valence-electron chi connectivity index (χ1n) is 11.5. The Morgan fingerprint density at radius 3 is 2.42 bits per heavy atom. The van der Waals surface area contributed by atoms with Crippen LogP contribution in [-0.2, 0) is 33.5 Å². The Labute approximate surface area is 206 Å². The number of rotatable bonds is 4. The Morgan fingerprint density at radius 2 is 1.89 bits per heavy atom. The average molecular weight is 514 g/mol.